The number of aliphatic hydroxyl groups is 1. The van der Waals surface area contributed by atoms with Crippen molar-refractivity contribution in [2.45, 2.75) is 44.8 Å². The molecule has 1 aromatic carbocycles. The van der Waals surface area contributed by atoms with Crippen molar-refractivity contribution in [3.63, 3.8) is 0 Å². The van der Waals surface area contributed by atoms with E-state index in [4.69, 9.17) is 0 Å². The van der Waals surface area contributed by atoms with Gasteiger partial charge in [-0.05, 0) is 25.0 Å². The molecule has 1 fully saturated rings. The lowest BCUT2D eigenvalue weighted by Gasteiger charge is -2.25. The van der Waals surface area contributed by atoms with Crippen LogP contribution >= 0.6 is 0 Å². The molecule has 0 saturated heterocycles. The Hall–Kier alpha value is -1.69. The van der Waals surface area contributed by atoms with Gasteiger partial charge in [-0.15, -0.1) is 0 Å². The molecule has 4 nitrogen and oxygen atoms in total. The number of para-hydroxylation sites is 1. The van der Waals surface area contributed by atoms with Crippen molar-refractivity contribution < 1.29 is 23.4 Å². The number of hydrogen-bond donors (Lipinski definition) is 2. The Morgan fingerprint density at radius 1 is 1.27 bits per heavy atom. The number of halogens is 2. The van der Waals surface area contributed by atoms with Crippen LogP contribution in [0.25, 0.3) is 0 Å². The van der Waals surface area contributed by atoms with Gasteiger partial charge in [0.2, 0.25) is 0 Å². The third-order valence-corrected chi connectivity index (χ3v) is 4.06. The van der Waals surface area contributed by atoms with Crippen molar-refractivity contribution in [3.05, 3.63) is 29.8 Å². The first-order chi connectivity index (χ1) is 10.6. The Morgan fingerprint density at radius 3 is 2.73 bits per heavy atom. The monoisotopic (exact) mass is 313 g/mol. The van der Waals surface area contributed by atoms with Crippen LogP contribution in [0.2, 0.25) is 0 Å². The van der Waals surface area contributed by atoms with E-state index in [0.29, 0.717) is 0 Å². The van der Waals surface area contributed by atoms with Gasteiger partial charge >= 0.3 is 6.61 Å². The molecule has 22 heavy (non-hydrogen) atoms. The minimum atomic E-state index is -2.97. The number of hydrogen-bond acceptors (Lipinski definition) is 3. The van der Waals surface area contributed by atoms with Crippen LogP contribution in [0.3, 0.4) is 0 Å². The smallest absolute Gasteiger partial charge is 0.387 e. The van der Waals surface area contributed by atoms with Crippen molar-refractivity contribution in [3.8, 4) is 5.75 Å². The van der Waals surface area contributed by atoms with Gasteiger partial charge < -0.3 is 15.2 Å². The van der Waals surface area contributed by atoms with E-state index >= 15 is 0 Å². The van der Waals surface area contributed by atoms with Crippen LogP contribution in [0.5, 0.6) is 5.75 Å². The molecule has 1 amide bonds. The second-order valence-corrected chi connectivity index (χ2v) is 5.54. The maximum absolute atomic E-state index is 12.4. The maximum Gasteiger partial charge on any atom is 0.387 e. The summed E-state index contributed by atoms with van der Waals surface area (Å²) < 4.78 is 29.2. The third kappa shape index (κ3) is 4.40. The summed E-state index contributed by atoms with van der Waals surface area (Å²) in [6, 6.07) is 5.80. The fourth-order valence-corrected chi connectivity index (χ4v) is 2.89. The average Bonchev–Trinajstić information content (AvgIpc) is 2.72. The lowest BCUT2D eigenvalue weighted by molar-refractivity contribution is -0.0501. The van der Waals surface area contributed by atoms with Crippen LogP contribution in [0, 0.1) is 5.92 Å². The predicted molar refractivity (Wildman–Crippen MR) is 78.0 cm³/mol. The average molecular weight is 313 g/mol. The SMILES string of the molecule is O=C(NC1CCCCCC1CO)c1ccccc1OC(F)F. The summed E-state index contributed by atoms with van der Waals surface area (Å²) in [5, 5.41) is 12.3. The number of alkyl halides is 2. The topological polar surface area (TPSA) is 58.6 Å². The molecule has 2 N–H and O–H groups in total. The van der Waals surface area contributed by atoms with E-state index in [1.165, 1.54) is 18.2 Å². The number of carbonyl (C=O) groups excluding carboxylic acids is 1. The summed E-state index contributed by atoms with van der Waals surface area (Å²) in [6.45, 7) is -2.96. The highest BCUT2D eigenvalue weighted by Crippen LogP contribution is 2.25. The molecule has 0 bridgehead atoms. The molecule has 0 aliphatic heterocycles. The molecule has 1 aliphatic carbocycles. The van der Waals surface area contributed by atoms with E-state index in [9.17, 15) is 18.7 Å². The molecule has 0 radical (unpaired) electrons. The van der Waals surface area contributed by atoms with E-state index in [1.807, 2.05) is 0 Å². The van der Waals surface area contributed by atoms with Gasteiger partial charge in [0.1, 0.15) is 5.75 Å². The van der Waals surface area contributed by atoms with E-state index in [-0.39, 0.29) is 29.9 Å². The van der Waals surface area contributed by atoms with Crippen molar-refractivity contribution in [1.82, 2.24) is 5.32 Å². The third-order valence-electron chi connectivity index (χ3n) is 4.06. The number of aliphatic hydroxyl groups excluding tert-OH is 1. The van der Waals surface area contributed by atoms with Crippen molar-refractivity contribution in [2.24, 2.45) is 5.92 Å². The van der Waals surface area contributed by atoms with Crippen LogP contribution < -0.4 is 10.1 Å². The molecule has 0 aromatic heterocycles. The lowest BCUT2D eigenvalue weighted by Crippen LogP contribution is -2.41. The summed E-state index contributed by atoms with van der Waals surface area (Å²) in [6.07, 6.45) is 4.73. The van der Waals surface area contributed by atoms with Crippen LogP contribution in [-0.4, -0.2) is 30.3 Å². The highest BCUT2D eigenvalue weighted by atomic mass is 19.3. The molecular formula is C16H21F2NO3. The summed E-state index contributed by atoms with van der Waals surface area (Å²) in [7, 11) is 0. The number of rotatable bonds is 5. The van der Waals surface area contributed by atoms with Gasteiger partial charge in [0, 0.05) is 18.6 Å². The van der Waals surface area contributed by atoms with Crippen LogP contribution in [0.15, 0.2) is 24.3 Å². The summed E-state index contributed by atoms with van der Waals surface area (Å²) in [5.41, 5.74) is 0.0868. The van der Waals surface area contributed by atoms with E-state index in [1.54, 1.807) is 6.07 Å². The first-order valence-corrected chi connectivity index (χ1v) is 7.57. The first-order valence-electron chi connectivity index (χ1n) is 7.57. The normalized spacial score (nSPS) is 22.2. The van der Waals surface area contributed by atoms with E-state index in [0.717, 1.165) is 32.1 Å². The molecule has 1 aliphatic rings. The van der Waals surface area contributed by atoms with Crippen molar-refractivity contribution in [2.75, 3.05) is 6.61 Å². The molecule has 122 valence electrons. The molecule has 1 aromatic rings. The number of benzene rings is 1. The number of carbonyl (C=O) groups is 1. The molecular weight excluding hydrogens is 292 g/mol. The van der Waals surface area contributed by atoms with Crippen molar-refractivity contribution in [1.29, 1.82) is 0 Å². The minimum Gasteiger partial charge on any atom is -0.434 e. The minimum absolute atomic E-state index is 0.00892. The molecule has 2 rings (SSSR count). The van der Waals surface area contributed by atoms with Gasteiger partial charge in [-0.25, -0.2) is 0 Å². The second kappa shape index (κ2) is 8.08. The summed E-state index contributed by atoms with van der Waals surface area (Å²) in [5.74, 6) is -0.569. The highest BCUT2D eigenvalue weighted by molar-refractivity contribution is 5.97. The Kier molecular flexibility index (Phi) is 6.12. The zero-order valence-electron chi connectivity index (χ0n) is 12.3. The van der Waals surface area contributed by atoms with Crippen molar-refractivity contribution >= 4 is 5.91 Å². The zero-order chi connectivity index (χ0) is 15.9. The predicted octanol–water partition coefficient (Wildman–Crippen LogP) is 2.96. The number of amides is 1. The quantitative estimate of drug-likeness (QED) is 0.822. The van der Waals surface area contributed by atoms with E-state index in [2.05, 4.69) is 10.1 Å². The Morgan fingerprint density at radius 2 is 2.00 bits per heavy atom. The molecule has 0 spiro atoms. The van der Waals surface area contributed by atoms with Crippen LogP contribution in [0.4, 0.5) is 8.78 Å². The van der Waals surface area contributed by atoms with Gasteiger partial charge in [0.25, 0.3) is 5.91 Å². The molecule has 2 unspecified atom stereocenters. The lowest BCUT2D eigenvalue weighted by atomic mass is 9.95. The van der Waals surface area contributed by atoms with Gasteiger partial charge in [-0.1, -0.05) is 31.4 Å². The highest BCUT2D eigenvalue weighted by Gasteiger charge is 2.26. The Bertz CT molecular complexity index is 496. The maximum atomic E-state index is 12.4. The number of ether oxygens (including phenoxy) is 1. The fraction of sp³-hybridized carbons (Fsp3) is 0.562. The first kappa shape index (κ1) is 16.7. The Balaban J connectivity index is 2.10. The molecule has 6 heteroatoms. The van der Waals surface area contributed by atoms with E-state index < -0.39 is 12.5 Å². The molecule has 2 atom stereocenters. The van der Waals surface area contributed by atoms with Gasteiger partial charge in [0.15, 0.2) is 0 Å². The largest absolute Gasteiger partial charge is 0.434 e. The van der Waals surface area contributed by atoms with Gasteiger partial charge in [-0.3, -0.25) is 4.79 Å². The zero-order valence-corrected chi connectivity index (χ0v) is 12.3. The summed E-state index contributed by atoms with van der Waals surface area (Å²) in [4.78, 5) is 12.4. The van der Waals surface area contributed by atoms with Gasteiger partial charge in [-0.2, -0.15) is 8.78 Å². The number of nitrogens with one attached hydrogen (secondary N) is 1. The Labute approximate surface area is 128 Å². The second-order valence-electron chi connectivity index (χ2n) is 5.54. The summed E-state index contributed by atoms with van der Waals surface area (Å²) >= 11 is 0. The molecule has 0 heterocycles. The van der Waals surface area contributed by atoms with Crippen LogP contribution in [-0.2, 0) is 0 Å². The standard InChI is InChI=1S/C16H21F2NO3/c17-16(18)22-14-9-5-4-7-12(14)15(21)19-13-8-3-1-2-6-11(13)10-20/h4-5,7,9,11,13,16,20H,1-3,6,8,10H2,(H,19,21). The van der Waals surface area contributed by atoms with Crippen LogP contribution in [0.1, 0.15) is 42.5 Å². The van der Waals surface area contributed by atoms with Gasteiger partial charge in [0.05, 0.1) is 5.56 Å². The fourth-order valence-electron chi connectivity index (χ4n) is 2.89. The molecule has 1 saturated carbocycles.